The smallest absolute Gasteiger partial charge is 0.196 e. The van der Waals surface area contributed by atoms with Crippen molar-refractivity contribution in [2.24, 2.45) is 0 Å². The van der Waals surface area contributed by atoms with E-state index in [1.165, 1.54) is 0 Å². The van der Waals surface area contributed by atoms with Crippen LogP contribution in [0.15, 0.2) is 206 Å². The lowest BCUT2D eigenvalue weighted by molar-refractivity contribution is 1.28. The van der Waals surface area contributed by atoms with Crippen molar-refractivity contribution in [2.75, 3.05) is 9.80 Å². The average molecular weight is 787 g/mol. The number of hydrogen-bond donors (Lipinski definition) is 0. The van der Waals surface area contributed by atoms with Gasteiger partial charge in [-0.3, -0.25) is 0 Å². The molecule has 0 saturated carbocycles. The fourth-order valence-corrected chi connectivity index (χ4v) is 8.24. The van der Waals surface area contributed by atoms with E-state index in [1.807, 2.05) is 121 Å². The molecule has 10 aromatic carbocycles. The second-order valence-electron chi connectivity index (χ2n) is 14.8. The van der Waals surface area contributed by atoms with Crippen LogP contribution >= 0.6 is 0 Å². The van der Waals surface area contributed by atoms with E-state index in [1.54, 1.807) is 0 Å². The average Bonchev–Trinajstić information content (AvgIpc) is 3.34. The van der Waals surface area contributed by atoms with E-state index < -0.39 is 0 Å². The molecule has 0 aliphatic rings. The lowest BCUT2D eigenvalue weighted by atomic mass is 9.87. The summed E-state index contributed by atoms with van der Waals surface area (Å²) in [5.41, 5.74) is 10.6. The van der Waals surface area contributed by atoms with Crippen molar-refractivity contribution in [2.45, 2.75) is 0 Å². The largest absolute Gasteiger partial charge is 0.311 e. The fraction of sp³-hybridized carbons (Fsp3) is 0. The van der Waals surface area contributed by atoms with E-state index >= 15 is 0 Å². The quantitative estimate of drug-likeness (QED) is 0.0956. The first-order chi connectivity index (χ1) is 30.7. The molecule has 0 aliphatic heterocycles. The van der Waals surface area contributed by atoms with Gasteiger partial charge in [0.1, 0.15) is 0 Å². The SMILES string of the molecule is [C-]#[N+]c1cc(C#Cc2ccc(N(c3ccccc3)c3ccccc3)cc2)c2ccc3c(C#Cc4ccc(N(c5ccccc5)c5ccccc5)cc4)cc(C#N)c4ccc1c2c34. The van der Waals surface area contributed by atoms with Crippen molar-refractivity contribution in [3.8, 4) is 29.8 Å². The van der Waals surface area contributed by atoms with E-state index in [9.17, 15) is 5.26 Å². The molecule has 0 aliphatic carbocycles. The van der Waals surface area contributed by atoms with Crippen LogP contribution in [0.2, 0.25) is 0 Å². The molecule has 0 radical (unpaired) electrons. The van der Waals surface area contributed by atoms with Crippen LogP contribution in [0.4, 0.5) is 39.8 Å². The van der Waals surface area contributed by atoms with Gasteiger partial charge in [-0.05, 0) is 136 Å². The molecule has 0 N–H and O–H groups in total. The summed E-state index contributed by atoms with van der Waals surface area (Å²) in [5.74, 6) is 13.6. The second kappa shape index (κ2) is 16.3. The number of hydrogen-bond acceptors (Lipinski definition) is 3. The molecule has 4 heteroatoms. The Morgan fingerprint density at radius 3 is 1.08 bits per heavy atom. The zero-order valence-corrected chi connectivity index (χ0v) is 33.4. The van der Waals surface area contributed by atoms with Gasteiger partial charge in [0.05, 0.1) is 18.2 Å². The van der Waals surface area contributed by atoms with Crippen molar-refractivity contribution < 1.29 is 0 Å². The van der Waals surface area contributed by atoms with Crippen molar-refractivity contribution >= 4 is 72.1 Å². The highest BCUT2D eigenvalue weighted by molar-refractivity contribution is 6.28. The molecule has 0 saturated heterocycles. The molecule has 0 fully saturated rings. The number of nitrogens with zero attached hydrogens (tertiary/aromatic N) is 4. The summed E-state index contributed by atoms with van der Waals surface area (Å²) >= 11 is 0. The number of benzene rings is 10. The van der Waals surface area contributed by atoms with Crippen LogP contribution in [-0.2, 0) is 0 Å². The van der Waals surface area contributed by atoms with Crippen LogP contribution in [0.25, 0.3) is 37.2 Å². The monoisotopic (exact) mass is 786 g/mol. The van der Waals surface area contributed by atoms with Crippen molar-refractivity contribution in [3.05, 3.63) is 245 Å². The van der Waals surface area contributed by atoms with Gasteiger partial charge in [-0.2, -0.15) is 5.26 Å². The van der Waals surface area contributed by atoms with Crippen LogP contribution in [-0.4, -0.2) is 0 Å². The van der Waals surface area contributed by atoms with Crippen LogP contribution < -0.4 is 9.80 Å². The first kappa shape index (κ1) is 37.2. The Bertz CT molecular complexity index is 3140. The Labute approximate surface area is 361 Å². The number of rotatable bonds is 6. The number of nitriles is 1. The van der Waals surface area contributed by atoms with Crippen molar-refractivity contribution in [1.29, 1.82) is 5.26 Å². The normalized spacial score (nSPS) is 10.6. The van der Waals surface area contributed by atoms with Crippen molar-refractivity contribution in [1.82, 2.24) is 0 Å². The molecule has 0 aromatic heterocycles. The van der Waals surface area contributed by atoms with Crippen LogP contribution in [0.5, 0.6) is 0 Å². The van der Waals surface area contributed by atoms with E-state index in [0.717, 1.165) is 88.7 Å². The molecule has 0 spiro atoms. The van der Waals surface area contributed by atoms with Crippen LogP contribution in [0.1, 0.15) is 27.8 Å². The summed E-state index contributed by atoms with van der Waals surface area (Å²) in [6.07, 6.45) is 0. The first-order valence-electron chi connectivity index (χ1n) is 20.3. The van der Waals surface area contributed by atoms with Crippen LogP contribution in [0.3, 0.4) is 0 Å². The van der Waals surface area contributed by atoms with Gasteiger partial charge in [0.2, 0.25) is 0 Å². The highest BCUT2D eigenvalue weighted by Crippen LogP contribution is 2.43. The molecular formula is C58H34N4. The van der Waals surface area contributed by atoms with E-state index in [4.69, 9.17) is 6.57 Å². The molecule has 62 heavy (non-hydrogen) atoms. The van der Waals surface area contributed by atoms with Gasteiger partial charge < -0.3 is 9.80 Å². The molecule has 0 unspecified atom stereocenters. The van der Waals surface area contributed by atoms with Gasteiger partial charge in [0.15, 0.2) is 5.69 Å². The van der Waals surface area contributed by atoms with Crippen LogP contribution in [0, 0.1) is 41.6 Å². The standard InChI is InChI=1S/C58H34N4/c1-60-56-39-44(29-23-42-26-32-51(33-27-42)62(48-18-10-4-11-19-48)49-20-12-5-13-21-49)53-35-34-52-43(38-45(40-59)54-36-37-55(56)58(53)57(52)54)28-22-41-24-30-50(31-25-41)61(46-14-6-2-7-15-46)47-16-8-3-9-17-47/h2-21,24-27,30-39H. The number of para-hydroxylation sites is 4. The lowest BCUT2D eigenvalue weighted by Gasteiger charge is -2.25. The third-order valence-corrected chi connectivity index (χ3v) is 11.1. The third-order valence-electron chi connectivity index (χ3n) is 11.1. The maximum absolute atomic E-state index is 10.4. The lowest BCUT2D eigenvalue weighted by Crippen LogP contribution is -2.09. The molecule has 4 nitrogen and oxygen atoms in total. The summed E-state index contributed by atoms with van der Waals surface area (Å²) in [5, 5.41) is 15.8. The molecular weight excluding hydrogens is 753 g/mol. The zero-order chi connectivity index (χ0) is 41.8. The molecule has 10 rings (SSSR count). The third kappa shape index (κ3) is 6.98. The first-order valence-corrected chi connectivity index (χ1v) is 20.3. The Kier molecular flexibility index (Phi) is 9.79. The molecule has 0 bridgehead atoms. The van der Waals surface area contributed by atoms with Gasteiger partial charge in [-0.25, -0.2) is 4.85 Å². The van der Waals surface area contributed by atoms with Gasteiger partial charge in [-0.15, -0.1) is 0 Å². The Morgan fingerprint density at radius 2 is 0.694 bits per heavy atom. The molecule has 10 aromatic rings. The minimum absolute atomic E-state index is 0.517. The molecule has 0 amide bonds. The maximum Gasteiger partial charge on any atom is 0.196 e. The number of anilines is 6. The highest BCUT2D eigenvalue weighted by Gasteiger charge is 2.18. The van der Waals surface area contributed by atoms with E-state index in [2.05, 4.69) is 129 Å². The van der Waals surface area contributed by atoms with Crippen molar-refractivity contribution in [3.63, 3.8) is 0 Å². The fourth-order valence-electron chi connectivity index (χ4n) is 8.24. The minimum Gasteiger partial charge on any atom is -0.311 e. The Morgan fingerprint density at radius 1 is 0.355 bits per heavy atom. The van der Waals surface area contributed by atoms with E-state index in [-0.39, 0.29) is 0 Å². The Hall–Kier alpha value is -9.06. The predicted molar refractivity (Wildman–Crippen MR) is 255 cm³/mol. The summed E-state index contributed by atoms with van der Waals surface area (Å²) in [7, 11) is 0. The summed E-state index contributed by atoms with van der Waals surface area (Å²) < 4.78 is 0. The molecule has 0 heterocycles. The zero-order valence-electron chi connectivity index (χ0n) is 33.4. The second-order valence-corrected chi connectivity index (χ2v) is 14.8. The van der Waals surface area contributed by atoms with E-state index in [0.29, 0.717) is 11.3 Å². The van der Waals surface area contributed by atoms with Gasteiger partial charge in [0, 0.05) is 61.8 Å². The summed E-state index contributed by atoms with van der Waals surface area (Å²) in [6.45, 7) is 8.17. The van der Waals surface area contributed by atoms with Gasteiger partial charge in [-0.1, -0.05) is 121 Å². The topological polar surface area (TPSA) is 34.6 Å². The minimum atomic E-state index is 0.517. The molecule has 0 atom stereocenters. The maximum atomic E-state index is 10.4. The van der Waals surface area contributed by atoms with Gasteiger partial charge >= 0.3 is 0 Å². The van der Waals surface area contributed by atoms with Gasteiger partial charge in [0.25, 0.3) is 0 Å². The predicted octanol–water partition coefficient (Wildman–Crippen LogP) is 14.7. The highest BCUT2D eigenvalue weighted by atomic mass is 15.1. The molecule has 286 valence electrons. The Balaban J connectivity index is 1.02. The summed E-state index contributed by atoms with van der Waals surface area (Å²) in [4.78, 5) is 8.40. The summed E-state index contributed by atoms with van der Waals surface area (Å²) in [6, 6.07) is 72.0.